The van der Waals surface area contributed by atoms with Crippen molar-refractivity contribution in [2.75, 3.05) is 13.1 Å². The van der Waals surface area contributed by atoms with Crippen LogP contribution in [-0.4, -0.2) is 13.1 Å². The van der Waals surface area contributed by atoms with Crippen molar-refractivity contribution >= 4 is 0 Å². The Bertz CT molecular complexity index is 152. The first kappa shape index (κ1) is 16.7. The molecule has 0 spiro atoms. The summed E-state index contributed by atoms with van der Waals surface area (Å²) in [5.41, 5.74) is 0. The first-order valence-electron chi connectivity index (χ1n) is 7.77. The molecule has 1 heteroatoms. The van der Waals surface area contributed by atoms with Gasteiger partial charge in [0, 0.05) is 0 Å². The third-order valence-corrected chi connectivity index (χ3v) is 3.13. The van der Waals surface area contributed by atoms with E-state index in [1.807, 2.05) is 0 Å². The van der Waals surface area contributed by atoms with E-state index in [0.29, 0.717) is 0 Å². The molecule has 0 aliphatic rings. The highest BCUT2D eigenvalue weighted by Gasteiger charge is 1.90. The number of allylic oxidation sites excluding steroid dienone is 1. The molecule has 0 aliphatic carbocycles. The largest absolute Gasteiger partial charge is 0.317 e. The molecule has 0 saturated heterocycles. The lowest BCUT2D eigenvalue weighted by molar-refractivity contribution is 0.577. The van der Waals surface area contributed by atoms with Crippen LogP contribution in [0, 0.1) is 0 Å². The van der Waals surface area contributed by atoms with Gasteiger partial charge in [0.25, 0.3) is 0 Å². The van der Waals surface area contributed by atoms with Crippen LogP contribution in [-0.2, 0) is 0 Å². The van der Waals surface area contributed by atoms with Gasteiger partial charge in [0.15, 0.2) is 0 Å². The molecule has 17 heavy (non-hydrogen) atoms. The van der Waals surface area contributed by atoms with Crippen molar-refractivity contribution in [1.82, 2.24) is 5.32 Å². The summed E-state index contributed by atoms with van der Waals surface area (Å²) in [6.07, 6.45) is 18.5. The standard InChI is InChI=1S/C16H33N/c1-3-5-6-7-8-9-10-11-12-13-14-15-16-17-4-2/h13-14,17H,3-12,15-16H2,1-2H3. The first-order valence-corrected chi connectivity index (χ1v) is 7.77. The smallest absolute Gasteiger partial charge is 0.00144 e. The van der Waals surface area contributed by atoms with Crippen molar-refractivity contribution in [1.29, 1.82) is 0 Å². The predicted molar refractivity (Wildman–Crippen MR) is 79.5 cm³/mol. The Morgan fingerprint density at radius 3 is 1.94 bits per heavy atom. The molecule has 1 nitrogen and oxygen atoms in total. The fourth-order valence-corrected chi connectivity index (χ4v) is 1.99. The topological polar surface area (TPSA) is 12.0 Å². The van der Waals surface area contributed by atoms with Crippen LogP contribution in [0.2, 0.25) is 0 Å². The maximum atomic E-state index is 3.33. The number of hydrogen-bond acceptors (Lipinski definition) is 1. The molecule has 0 radical (unpaired) electrons. The zero-order valence-corrected chi connectivity index (χ0v) is 12.1. The van der Waals surface area contributed by atoms with Crippen molar-refractivity contribution in [3.63, 3.8) is 0 Å². The normalized spacial score (nSPS) is 11.4. The highest BCUT2D eigenvalue weighted by atomic mass is 14.8. The molecule has 0 amide bonds. The molecule has 0 atom stereocenters. The average Bonchev–Trinajstić information content (AvgIpc) is 2.35. The summed E-state index contributed by atoms with van der Waals surface area (Å²) >= 11 is 0. The maximum Gasteiger partial charge on any atom is -0.00144 e. The molecule has 0 rings (SSSR count). The van der Waals surface area contributed by atoms with Crippen LogP contribution in [0.3, 0.4) is 0 Å². The fraction of sp³-hybridized carbons (Fsp3) is 0.875. The SMILES string of the molecule is CCCCCCCCCCC=CCCNCC. The van der Waals surface area contributed by atoms with Crippen LogP contribution in [0.25, 0.3) is 0 Å². The molecular formula is C16H33N. The molecule has 0 bridgehead atoms. The Morgan fingerprint density at radius 1 is 0.706 bits per heavy atom. The summed E-state index contributed by atoms with van der Waals surface area (Å²) in [4.78, 5) is 0. The Morgan fingerprint density at radius 2 is 1.29 bits per heavy atom. The van der Waals surface area contributed by atoms with Gasteiger partial charge >= 0.3 is 0 Å². The second-order valence-electron chi connectivity index (χ2n) is 4.88. The molecule has 0 aliphatic heterocycles. The Hall–Kier alpha value is -0.300. The van der Waals surface area contributed by atoms with Gasteiger partial charge in [0.05, 0.1) is 0 Å². The second-order valence-corrected chi connectivity index (χ2v) is 4.88. The van der Waals surface area contributed by atoms with Crippen molar-refractivity contribution in [3.05, 3.63) is 12.2 Å². The maximum absolute atomic E-state index is 3.33. The molecule has 0 saturated carbocycles. The van der Waals surface area contributed by atoms with E-state index in [0.717, 1.165) is 13.1 Å². The average molecular weight is 239 g/mol. The summed E-state index contributed by atoms with van der Waals surface area (Å²) < 4.78 is 0. The lowest BCUT2D eigenvalue weighted by Gasteiger charge is -2.00. The molecule has 0 aromatic carbocycles. The third-order valence-electron chi connectivity index (χ3n) is 3.13. The number of rotatable bonds is 13. The van der Waals surface area contributed by atoms with E-state index < -0.39 is 0 Å². The number of hydrogen-bond donors (Lipinski definition) is 1. The third kappa shape index (κ3) is 15.7. The van der Waals surface area contributed by atoms with Crippen molar-refractivity contribution < 1.29 is 0 Å². The summed E-state index contributed by atoms with van der Waals surface area (Å²) in [6.45, 7) is 6.66. The highest BCUT2D eigenvalue weighted by molar-refractivity contribution is 4.81. The van der Waals surface area contributed by atoms with E-state index in [4.69, 9.17) is 0 Å². The van der Waals surface area contributed by atoms with E-state index in [2.05, 4.69) is 31.3 Å². The molecule has 1 N–H and O–H groups in total. The number of unbranched alkanes of at least 4 members (excludes halogenated alkanes) is 8. The summed E-state index contributed by atoms with van der Waals surface area (Å²) in [6, 6.07) is 0. The highest BCUT2D eigenvalue weighted by Crippen LogP contribution is 2.09. The van der Waals surface area contributed by atoms with E-state index in [-0.39, 0.29) is 0 Å². The van der Waals surface area contributed by atoms with Gasteiger partial charge in [-0.3, -0.25) is 0 Å². The van der Waals surface area contributed by atoms with Crippen LogP contribution < -0.4 is 5.32 Å². The van der Waals surface area contributed by atoms with Gasteiger partial charge in [-0.05, 0) is 32.4 Å². The van der Waals surface area contributed by atoms with E-state index in [9.17, 15) is 0 Å². The van der Waals surface area contributed by atoms with Crippen molar-refractivity contribution in [2.45, 2.75) is 78.1 Å². The van der Waals surface area contributed by atoms with Crippen LogP contribution >= 0.6 is 0 Å². The van der Waals surface area contributed by atoms with Crippen LogP contribution in [0.15, 0.2) is 12.2 Å². The minimum absolute atomic E-state index is 1.09. The van der Waals surface area contributed by atoms with Gasteiger partial charge in [-0.15, -0.1) is 0 Å². The van der Waals surface area contributed by atoms with E-state index in [1.54, 1.807) is 0 Å². The quantitative estimate of drug-likeness (QED) is 0.349. The molecule has 0 aromatic rings. The Labute approximate surface area is 109 Å². The molecule has 0 aromatic heterocycles. The van der Waals surface area contributed by atoms with Gasteiger partial charge in [0.1, 0.15) is 0 Å². The molecule has 0 heterocycles. The molecule has 0 unspecified atom stereocenters. The van der Waals surface area contributed by atoms with Gasteiger partial charge in [-0.1, -0.05) is 70.9 Å². The van der Waals surface area contributed by atoms with Crippen molar-refractivity contribution in [3.8, 4) is 0 Å². The van der Waals surface area contributed by atoms with E-state index in [1.165, 1.54) is 64.2 Å². The van der Waals surface area contributed by atoms with Crippen LogP contribution in [0.4, 0.5) is 0 Å². The molecule has 0 fully saturated rings. The van der Waals surface area contributed by atoms with Crippen molar-refractivity contribution in [2.24, 2.45) is 0 Å². The minimum Gasteiger partial charge on any atom is -0.317 e. The Balaban J connectivity index is 2.97. The lowest BCUT2D eigenvalue weighted by Crippen LogP contribution is -2.12. The summed E-state index contributed by atoms with van der Waals surface area (Å²) in [5.74, 6) is 0. The second kappa shape index (κ2) is 15.7. The predicted octanol–water partition coefficient (Wildman–Crippen LogP) is 5.07. The monoisotopic (exact) mass is 239 g/mol. The van der Waals surface area contributed by atoms with Gasteiger partial charge in [-0.25, -0.2) is 0 Å². The summed E-state index contributed by atoms with van der Waals surface area (Å²) in [5, 5.41) is 3.33. The minimum atomic E-state index is 1.09. The fourth-order valence-electron chi connectivity index (χ4n) is 1.99. The van der Waals surface area contributed by atoms with Crippen LogP contribution in [0.5, 0.6) is 0 Å². The van der Waals surface area contributed by atoms with Gasteiger partial charge in [-0.2, -0.15) is 0 Å². The summed E-state index contributed by atoms with van der Waals surface area (Å²) in [7, 11) is 0. The Kier molecular flexibility index (Phi) is 15.4. The van der Waals surface area contributed by atoms with Gasteiger partial charge in [0.2, 0.25) is 0 Å². The van der Waals surface area contributed by atoms with Gasteiger partial charge < -0.3 is 5.32 Å². The van der Waals surface area contributed by atoms with Crippen LogP contribution in [0.1, 0.15) is 78.1 Å². The lowest BCUT2D eigenvalue weighted by atomic mass is 10.1. The zero-order chi connectivity index (χ0) is 12.6. The zero-order valence-electron chi connectivity index (χ0n) is 12.1. The first-order chi connectivity index (χ1) is 8.41. The molecular weight excluding hydrogens is 206 g/mol. The molecule has 102 valence electrons. The van der Waals surface area contributed by atoms with E-state index >= 15 is 0 Å². The number of nitrogens with one attached hydrogen (secondary N) is 1.